The molecule has 0 aliphatic rings. The van der Waals surface area contributed by atoms with Crippen molar-refractivity contribution in [1.82, 2.24) is 0 Å². The minimum absolute atomic E-state index is 0.335. The Balaban J connectivity index is 0. The Bertz CT molecular complexity index is 367. The van der Waals surface area contributed by atoms with Crippen LogP contribution < -0.4 is 5.73 Å². The number of aliphatic hydroxyl groups is 1. The zero-order valence-corrected chi connectivity index (χ0v) is 14.0. The molecule has 6 N–H and O–H groups in total. The fraction of sp³-hybridized carbons (Fsp3) is 0.846. The van der Waals surface area contributed by atoms with E-state index in [1.165, 1.54) is 19.3 Å². The monoisotopic (exact) mass is 341 g/mol. The van der Waals surface area contributed by atoms with Gasteiger partial charge in [0.25, 0.3) is 0 Å². The molecule has 0 heterocycles. The van der Waals surface area contributed by atoms with Crippen molar-refractivity contribution in [2.45, 2.75) is 58.5 Å². The van der Waals surface area contributed by atoms with Crippen molar-refractivity contribution in [2.75, 3.05) is 6.16 Å². The van der Waals surface area contributed by atoms with Gasteiger partial charge in [0.2, 0.25) is 5.91 Å². The molecule has 0 saturated heterocycles. The van der Waals surface area contributed by atoms with Crippen molar-refractivity contribution in [1.29, 1.82) is 0 Å². The summed E-state index contributed by atoms with van der Waals surface area (Å²) in [6, 6.07) is 0. The minimum Gasteiger partial charge on any atom is -0.481 e. The molecule has 1 unspecified atom stereocenters. The molecule has 0 rings (SSSR count). The van der Waals surface area contributed by atoms with Crippen molar-refractivity contribution in [3.05, 3.63) is 0 Å². The van der Waals surface area contributed by atoms with Crippen LogP contribution in [0, 0.1) is 5.92 Å². The number of carboxylic acid groups (broad SMARTS) is 1. The first kappa shape index (κ1) is 23.3. The quantitative estimate of drug-likeness (QED) is 0.294. The molecule has 9 heteroatoms. The number of hydrogen-bond acceptors (Lipinski definition) is 4. The number of carbonyl (C=O) groups excluding carboxylic acids is 1. The third-order valence-electron chi connectivity index (χ3n) is 2.66. The molecule has 0 aliphatic heterocycles. The fourth-order valence-corrected chi connectivity index (χ4v) is 2.13. The van der Waals surface area contributed by atoms with E-state index in [1.54, 1.807) is 0 Å². The third-order valence-corrected chi connectivity index (χ3v) is 3.48. The summed E-state index contributed by atoms with van der Waals surface area (Å²) in [7, 11) is -4.33. The Morgan fingerprint density at radius 1 is 1.09 bits per heavy atom. The number of carboxylic acids is 1. The first-order valence-electron chi connectivity index (χ1n) is 7.19. The second-order valence-electron chi connectivity index (χ2n) is 5.51. The van der Waals surface area contributed by atoms with Crippen LogP contribution in [0.2, 0.25) is 0 Å². The first-order chi connectivity index (χ1) is 9.95. The van der Waals surface area contributed by atoms with Gasteiger partial charge in [-0.05, 0) is 12.3 Å². The maximum atomic E-state index is 10.1. The second kappa shape index (κ2) is 12.6. The number of nitrogens with two attached hydrogens (primary N) is 1. The van der Waals surface area contributed by atoms with Crippen molar-refractivity contribution in [2.24, 2.45) is 11.7 Å². The molecule has 0 saturated carbocycles. The Labute approximate surface area is 130 Å². The summed E-state index contributed by atoms with van der Waals surface area (Å²) >= 11 is 0. The van der Waals surface area contributed by atoms with E-state index in [1.807, 2.05) is 0 Å². The highest BCUT2D eigenvalue weighted by molar-refractivity contribution is 7.51. The summed E-state index contributed by atoms with van der Waals surface area (Å²) in [4.78, 5) is 36.5. The van der Waals surface area contributed by atoms with E-state index in [4.69, 9.17) is 20.0 Å². The SMILES string of the molecule is CC(C)CCCCCCC(=O)O.NC(=O)C(O)CP(=O)(O)O. The molecule has 0 radical (unpaired) electrons. The normalized spacial score (nSPS) is 12.5. The third kappa shape index (κ3) is 21.4. The summed E-state index contributed by atoms with van der Waals surface area (Å²) < 4.78 is 10.1. The van der Waals surface area contributed by atoms with Gasteiger partial charge in [0, 0.05) is 6.42 Å². The number of aliphatic hydroxyl groups excluding tert-OH is 1. The lowest BCUT2D eigenvalue weighted by molar-refractivity contribution is -0.137. The molecule has 0 bridgehead atoms. The number of hydrogen-bond donors (Lipinski definition) is 5. The molecular formula is C13H28NO7P. The smallest absolute Gasteiger partial charge is 0.328 e. The molecule has 0 aromatic carbocycles. The standard InChI is InChI=1S/C10H20O2.C3H8NO5P/c1-9(2)7-5-3-4-6-8-10(11)12;4-3(6)2(5)1-10(7,8)9/h9H,3-8H2,1-2H3,(H,11,12);2,5H,1H2,(H2,4,6)(H2,7,8,9). The maximum Gasteiger partial charge on any atom is 0.328 e. The van der Waals surface area contributed by atoms with Crippen LogP contribution in [-0.4, -0.2) is 44.1 Å². The lowest BCUT2D eigenvalue weighted by atomic mass is 10.0. The van der Waals surface area contributed by atoms with Crippen LogP contribution in [0.15, 0.2) is 0 Å². The van der Waals surface area contributed by atoms with Crippen molar-refractivity contribution in [3.63, 3.8) is 0 Å². The number of rotatable bonds is 10. The van der Waals surface area contributed by atoms with Gasteiger partial charge in [0.1, 0.15) is 6.10 Å². The molecule has 0 aliphatic carbocycles. The van der Waals surface area contributed by atoms with Gasteiger partial charge >= 0.3 is 13.6 Å². The highest BCUT2D eigenvalue weighted by Crippen LogP contribution is 2.34. The van der Waals surface area contributed by atoms with E-state index in [0.29, 0.717) is 6.42 Å². The Morgan fingerprint density at radius 2 is 1.59 bits per heavy atom. The molecule has 1 atom stereocenters. The van der Waals surface area contributed by atoms with Gasteiger partial charge < -0.3 is 25.7 Å². The molecule has 0 fully saturated rings. The summed E-state index contributed by atoms with van der Waals surface area (Å²) in [6.07, 6.45) is 3.27. The molecule has 0 aromatic rings. The van der Waals surface area contributed by atoms with Crippen LogP contribution in [-0.2, 0) is 14.2 Å². The Morgan fingerprint density at radius 3 is 1.91 bits per heavy atom. The largest absolute Gasteiger partial charge is 0.481 e. The lowest BCUT2D eigenvalue weighted by Crippen LogP contribution is -2.31. The van der Waals surface area contributed by atoms with Crippen LogP contribution in [0.1, 0.15) is 52.4 Å². The van der Waals surface area contributed by atoms with Crippen molar-refractivity contribution in [3.8, 4) is 0 Å². The second-order valence-corrected chi connectivity index (χ2v) is 7.20. The first-order valence-corrected chi connectivity index (χ1v) is 8.99. The van der Waals surface area contributed by atoms with E-state index < -0.39 is 31.7 Å². The van der Waals surface area contributed by atoms with Gasteiger partial charge in [-0.3, -0.25) is 14.2 Å². The van der Waals surface area contributed by atoms with Crippen LogP contribution in [0.3, 0.4) is 0 Å². The van der Waals surface area contributed by atoms with E-state index in [2.05, 4.69) is 19.6 Å². The molecule has 1 amide bonds. The topological polar surface area (TPSA) is 158 Å². The van der Waals surface area contributed by atoms with Gasteiger partial charge in [-0.25, -0.2) is 0 Å². The average molecular weight is 341 g/mol. The predicted molar refractivity (Wildman–Crippen MR) is 82.3 cm³/mol. The molecule has 132 valence electrons. The van der Waals surface area contributed by atoms with Crippen LogP contribution in [0.4, 0.5) is 0 Å². The minimum atomic E-state index is -4.33. The molecule has 8 nitrogen and oxygen atoms in total. The van der Waals surface area contributed by atoms with Gasteiger partial charge in [0.05, 0.1) is 6.16 Å². The van der Waals surface area contributed by atoms with Gasteiger partial charge in [-0.15, -0.1) is 0 Å². The van der Waals surface area contributed by atoms with E-state index in [0.717, 1.165) is 18.8 Å². The maximum absolute atomic E-state index is 10.1. The number of carbonyl (C=O) groups is 2. The highest BCUT2D eigenvalue weighted by Gasteiger charge is 2.23. The van der Waals surface area contributed by atoms with E-state index in [-0.39, 0.29) is 0 Å². The summed E-state index contributed by atoms with van der Waals surface area (Å²) in [5, 5.41) is 16.9. The number of unbranched alkanes of at least 4 members (excludes halogenated alkanes) is 3. The van der Waals surface area contributed by atoms with Gasteiger partial charge in [-0.2, -0.15) is 0 Å². The zero-order valence-electron chi connectivity index (χ0n) is 13.1. The number of aliphatic carboxylic acids is 1. The zero-order chi connectivity index (χ0) is 17.8. The van der Waals surface area contributed by atoms with Gasteiger partial charge in [-0.1, -0.05) is 39.5 Å². The Hall–Kier alpha value is -0.950. The summed E-state index contributed by atoms with van der Waals surface area (Å²) in [5.41, 5.74) is 4.51. The predicted octanol–water partition coefficient (Wildman–Crippen LogP) is 1.08. The highest BCUT2D eigenvalue weighted by atomic mass is 31.2. The number of amides is 1. The molecule has 0 aromatic heterocycles. The average Bonchev–Trinajstić information content (AvgIpc) is 2.31. The molecule has 22 heavy (non-hydrogen) atoms. The molecule has 0 spiro atoms. The number of primary amides is 1. The Kier molecular flexibility index (Phi) is 13.3. The van der Waals surface area contributed by atoms with E-state index >= 15 is 0 Å². The van der Waals surface area contributed by atoms with E-state index in [9.17, 15) is 14.2 Å². The summed E-state index contributed by atoms with van der Waals surface area (Å²) in [5.74, 6) is -1.02. The van der Waals surface area contributed by atoms with Gasteiger partial charge in [0.15, 0.2) is 0 Å². The molecular weight excluding hydrogens is 313 g/mol. The summed E-state index contributed by atoms with van der Waals surface area (Å²) in [6.45, 7) is 4.44. The van der Waals surface area contributed by atoms with Crippen LogP contribution in [0.25, 0.3) is 0 Å². The van der Waals surface area contributed by atoms with Crippen molar-refractivity contribution < 1.29 is 34.2 Å². The lowest BCUT2D eigenvalue weighted by Gasteiger charge is -2.06. The van der Waals surface area contributed by atoms with Crippen molar-refractivity contribution >= 4 is 19.5 Å². The fourth-order valence-electron chi connectivity index (χ4n) is 1.50. The van der Waals surface area contributed by atoms with Crippen LogP contribution in [0.5, 0.6) is 0 Å². The van der Waals surface area contributed by atoms with Crippen LogP contribution >= 0.6 is 7.60 Å².